The van der Waals surface area contributed by atoms with Gasteiger partial charge >= 0.3 is 0 Å². The largest absolute Gasteiger partial charge is 0.338 e. The van der Waals surface area contributed by atoms with Crippen LogP contribution in [-0.2, 0) is 7.05 Å². The molecule has 0 saturated carbocycles. The van der Waals surface area contributed by atoms with Crippen molar-refractivity contribution < 1.29 is 0 Å². The summed E-state index contributed by atoms with van der Waals surface area (Å²) in [6, 6.07) is 6.27. The van der Waals surface area contributed by atoms with E-state index in [0.717, 1.165) is 55.6 Å². The zero-order valence-electron chi connectivity index (χ0n) is 17.6. The van der Waals surface area contributed by atoms with Crippen LogP contribution in [0.5, 0.6) is 0 Å². The minimum atomic E-state index is 0.794. The molecule has 5 aromatic rings. The molecule has 0 amide bonds. The van der Waals surface area contributed by atoms with Crippen LogP contribution in [0, 0.1) is 6.92 Å². The molecule has 0 aromatic carbocycles. The number of H-pyrrole nitrogens is 2. The topological polar surface area (TPSA) is 75.2 Å². The molecule has 6 nitrogen and oxygen atoms in total. The fourth-order valence-corrected chi connectivity index (χ4v) is 4.38. The van der Waals surface area contributed by atoms with Crippen molar-refractivity contribution in [2.24, 2.45) is 7.05 Å². The van der Waals surface area contributed by atoms with Crippen LogP contribution >= 0.6 is 11.3 Å². The zero-order chi connectivity index (χ0) is 21.5. The highest BCUT2D eigenvalue weighted by atomic mass is 32.1. The maximum absolute atomic E-state index is 4.52. The van der Waals surface area contributed by atoms with E-state index in [9.17, 15) is 0 Å². The molecule has 0 spiro atoms. The molecule has 0 radical (unpaired) electrons. The van der Waals surface area contributed by atoms with Gasteiger partial charge in [0.05, 0.1) is 22.9 Å². The van der Waals surface area contributed by atoms with E-state index in [-0.39, 0.29) is 0 Å². The van der Waals surface area contributed by atoms with Crippen molar-refractivity contribution in [2.75, 3.05) is 0 Å². The van der Waals surface area contributed by atoms with Gasteiger partial charge in [0.25, 0.3) is 0 Å². The monoisotopic (exact) mass is 426 g/mol. The molecule has 0 aliphatic rings. The van der Waals surface area contributed by atoms with E-state index < -0.39 is 0 Å². The number of nitrogens with zero attached hydrogens (tertiary/aromatic N) is 4. The molecule has 0 fully saturated rings. The van der Waals surface area contributed by atoms with E-state index in [1.165, 1.54) is 5.56 Å². The van der Waals surface area contributed by atoms with Gasteiger partial charge in [0.1, 0.15) is 17.2 Å². The van der Waals surface area contributed by atoms with E-state index >= 15 is 0 Å². The summed E-state index contributed by atoms with van der Waals surface area (Å²) < 4.78 is 2.08. The number of pyridine rings is 1. The van der Waals surface area contributed by atoms with Crippen molar-refractivity contribution in [3.8, 4) is 22.5 Å². The van der Waals surface area contributed by atoms with Gasteiger partial charge in [-0.1, -0.05) is 12.7 Å². The molecule has 154 valence electrons. The second-order valence-corrected chi connectivity index (χ2v) is 8.33. The number of nitrogens with one attached hydrogen (secondary N) is 2. The second-order valence-electron chi connectivity index (χ2n) is 7.55. The smallest absolute Gasteiger partial charge is 0.138 e. The first kappa shape index (κ1) is 19.3. The predicted molar refractivity (Wildman–Crippen MR) is 128 cm³/mol. The molecule has 2 N–H and O–H groups in total. The van der Waals surface area contributed by atoms with Crippen LogP contribution in [0.15, 0.2) is 47.4 Å². The molecule has 0 aliphatic carbocycles. The minimum absolute atomic E-state index is 0.794. The summed E-state index contributed by atoms with van der Waals surface area (Å²) in [6.45, 7) is 8.33. The van der Waals surface area contributed by atoms with Gasteiger partial charge in [0.2, 0.25) is 0 Å². The molecule has 0 atom stereocenters. The summed E-state index contributed by atoms with van der Waals surface area (Å²) >= 11 is 1.69. The Hall–Kier alpha value is -3.71. The average molecular weight is 427 g/mol. The summed E-state index contributed by atoms with van der Waals surface area (Å²) in [4.78, 5) is 12.3. The number of imidazole rings is 1. The molecule has 5 heterocycles. The number of rotatable bonds is 4. The van der Waals surface area contributed by atoms with E-state index in [0.29, 0.717) is 0 Å². The predicted octanol–water partition coefficient (Wildman–Crippen LogP) is 4.02. The highest BCUT2D eigenvalue weighted by molar-refractivity contribution is 7.08. The van der Waals surface area contributed by atoms with Crippen LogP contribution in [0.1, 0.15) is 18.4 Å². The number of allylic oxidation sites excluding steroid dienone is 2. The molecule has 0 saturated heterocycles. The zero-order valence-corrected chi connectivity index (χ0v) is 18.4. The van der Waals surface area contributed by atoms with Crippen LogP contribution < -0.4 is 10.6 Å². The van der Waals surface area contributed by atoms with Crippen LogP contribution in [0.3, 0.4) is 0 Å². The number of aromatic amines is 2. The van der Waals surface area contributed by atoms with Crippen LogP contribution in [0.4, 0.5) is 0 Å². The number of hydrogen-bond acceptors (Lipinski definition) is 4. The Morgan fingerprint density at radius 1 is 1.26 bits per heavy atom. The van der Waals surface area contributed by atoms with Crippen molar-refractivity contribution in [2.45, 2.75) is 13.8 Å². The van der Waals surface area contributed by atoms with Gasteiger partial charge in [-0.15, -0.1) is 0 Å². The third kappa shape index (κ3) is 3.33. The van der Waals surface area contributed by atoms with E-state index in [2.05, 4.69) is 72.2 Å². The standard InChI is InChI=1S/C24H22N6S/c1-14(22-12-26-16(3)30(22)4)5-6-20-15(2)23(29-28-20)21-11-19-18(17-8-10-31-13-17)7-9-25-24(19)27-21/h5-13,28H,2H2,1,3-4H3,(H,25,27)/b14-5+,20-6+. The molecular weight excluding hydrogens is 404 g/mol. The third-order valence-electron chi connectivity index (χ3n) is 5.64. The number of aryl methyl sites for hydroxylation is 1. The lowest BCUT2D eigenvalue weighted by molar-refractivity contribution is 0.845. The molecule has 0 bridgehead atoms. The quantitative estimate of drug-likeness (QED) is 0.456. The number of fused-ring (bicyclic) bond motifs is 1. The Morgan fingerprint density at radius 3 is 2.87 bits per heavy atom. The molecule has 7 heteroatoms. The average Bonchev–Trinajstić information content (AvgIpc) is 3.54. The maximum atomic E-state index is 4.52. The Kier molecular flexibility index (Phi) is 4.67. The lowest BCUT2D eigenvalue weighted by Gasteiger charge is -2.02. The van der Waals surface area contributed by atoms with Gasteiger partial charge in [-0.25, -0.2) is 9.97 Å². The summed E-state index contributed by atoms with van der Waals surface area (Å²) in [5.41, 5.74) is 7.09. The first-order valence-electron chi connectivity index (χ1n) is 9.94. The Morgan fingerprint density at radius 2 is 2.13 bits per heavy atom. The Balaban J connectivity index is 1.55. The fraction of sp³-hybridized carbons (Fsp3) is 0.125. The highest BCUT2D eigenvalue weighted by Gasteiger charge is 2.12. The molecule has 31 heavy (non-hydrogen) atoms. The third-order valence-corrected chi connectivity index (χ3v) is 6.33. The molecule has 5 rings (SSSR count). The van der Waals surface area contributed by atoms with Crippen molar-refractivity contribution in [1.82, 2.24) is 29.7 Å². The molecular formula is C24H22N6S. The molecule has 0 aliphatic heterocycles. The maximum Gasteiger partial charge on any atom is 0.138 e. The van der Waals surface area contributed by atoms with E-state index in [1.807, 2.05) is 38.5 Å². The van der Waals surface area contributed by atoms with Crippen molar-refractivity contribution in [3.05, 3.63) is 69.5 Å². The first-order valence-corrected chi connectivity index (χ1v) is 10.9. The van der Waals surface area contributed by atoms with E-state index in [4.69, 9.17) is 0 Å². The summed E-state index contributed by atoms with van der Waals surface area (Å²) in [5, 5.41) is 14.7. The van der Waals surface area contributed by atoms with Gasteiger partial charge in [0, 0.05) is 23.8 Å². The van der Waals surface area contributed by atoms with E-state index in [1.54, 1.807) is 11.3 Å². The van der Waals surface area contributed by atoms with Gasteiger partial charge < -0.3 is 9.55 Å². The summed E-state index contributed by atoms with van der Waals surface area (Å²) in [5.74, 6) is 0.985. The Labute approximate surface area is 183 Å². The summed E-state index contributed by atoms with van der Waals surface area (Å²) in [6.07, 6.45) is 7.79. The SMILES string of the molecule is C=c1c(-c2cc3c(-c4ccsc4)ccnc3[nH]2)n[nH]/c1=C/C=C(\C)c1cnc(C)n1C. The van der Waals surface area contributed by atoms with Crippen LogP contribution in [0.2, 0.25) is 0 Å². The number of aromatic nitrogens is 6. The minimum Gasteiger partial charge on any atom is -0.338 e. The van der Waals surface area contributed by atoms with Gasteiger partial charge in [-0.05, 0) is 65.6 Å². The number of thiophene rings is 1. The van der Waals surface area contributed by atoms with Crippen molar-refractivity contribution in [3.63, 3.8) is 0 Å². The normalized spacial score (nSPS) is 12.9. The fourth-order valence-electron chi connectivity index (χ4n) is 3.73. The summed E-state index contributed by atoms with van der Waals surface area (Å²) in [7, 11) is 2.02. The first-order chi connectivity index (χ1) is 15.0. The van der Waals surface area contributed by atoms with Crippen molar-refractivity contribution >= 4 is 40.6 Å². The second kappa shape index (κ2) is 7.52. The molecule has 0 unspecified atom stereocenters. The number of hydrogen-bond donors (Lipinski definition) is 2. The molecule has 5 aromatic heterocycles. The van der Waals surface area contributed by atoms with Gasteiger partial charge in [0.15, 0.2) is 0 Å². The lowest BCUT2D eigenvalue weighted by Crippen LogP contribution is -2.21. The van der Waals surface area contributed by atoms with Gasteiger partial charge in [-0.2, -0.15) is 16.4 Å². The van der Waals surface area contributed by atoms with Crippen molar-refractivity contribution in [1.29, 1.82) is 0 Å². The van der Waals surface area contributed by atoms with Gasteiger partial charge in [-0.3, -0.25) is 5.10 Å². The van der Waals surface area contributed by atoms with Crippen LogP contribution in [0.25, 0.3) is 51.8 Å². The van der Waals surface area contributed by atoms with Crippen LogP contribution in [-0.4, -0.2) is 29.7 Å². The highest BCUT2D eigenvalue weighted by Crippen LogP contribution is 2.31. The lowest BCUT2D eigenvalue weighted by atomic mass is 10.1. The Bertz CT molecular complexity index is 1530.